The maximum absolute atomic E-state index is 5.95. The molecule has 26 heavy (non-hydrogen) atoms. The lowest BCUT2D eigenvalue weighted by Crippen LogP contribution is -2.11. The molecule has 0 atom stereocenters. The molecule has 0 amide bonds. The number of rotatable bonds is 12. The van der Waals surface area contributed by atoms with Crippen LogP contribution in [0.15, 0.2) is 42.5 Å². The molecule has 0 radical (unpaired) electrons. The van der Waals surface area contributed by atoms with Gasteiger partial charge in [0.25, 0.3) is 0 Å². The maximum Gasteiger partial charge on any atom is 0.122 e. The van der Waals surface area contributed by atoms with Crippen LogP contribution in [-0.4, -0.2) is 19.8 Å². The van der Waals surface area contributed by atoms with Crippen LogP contribution in [0.3, 0.4) is 0 Å². The Morgan fingerprint density at radius 1 is 0.885 bits per heavy atom. The number of unbranched alkanes of at least 4 members (excludes halogenated alkanes) is 4. The molecule has 0 saturated carbocycles. The van der Waals surface area contributed by atoms with E-state index in [2.05, 4.69) is 12.2 Å². The van der Waals surface area contributed by atoms with Crippen molar-refractivity contribution in [3.8, 4) is 11.5 Å². The van der Waals surface area contributed by atoms with Gasteiger partial charge in [-0.25, -0.2) is 0 Å². The van der Waals surface area contributed by atoms with Gasteiger partial charge in [-0.15, -0.1) is 0 Å². The van der Waals surface area contributed by atoms with Crippen molar-refractivity contribution in [1.29, 1.82) is 0 Å². The molecule has 2 aromatic carbocycles. The summed E-state index contributed by atoms with van der Waals surface area (Å²) in [6, 6.07) is 13.8. The SMILES string of the molecule is CCCCCCCOc1ccc(NCCOc2ccc(Cl)cc2C)cc1. The number of halogens is 1. The lowest BCUT2D eigenvalue weighted by molar-refractivity contribution is 0.304. The summed E-state index contributed by atoms with van der Waals surface area (Å²) in [5.74, 6) is 1.80. The highest BCUT2D eigenvalue weighted by Gasteiger charge is 2.00. The standard InChI is InChI=1S/C22H30ClNO2/c1-3-4-5-6-7-15-25-21-11-9-20(10-12-21)24-14-16-26-22-13-8-19(23)17-18(22)2/h8-13,17,24H,3-7,14-16H2,1-2H3. The zero-order chi connectivity index (χ0) is 18.6. The second-order valence-corrected chi connectivity index (χ2v) is 6.91. The zero-order valence-corrected chi connectivity index (χ0v) is 16.6. The fourth-order valence-corrected chi connectivity index (χ4v) is 2.92. The van der Waals surface area contributed by atoms with Gasteiger partial charge in [0.15, 0.2) is 0 Å². The van der Waals surface area contributed by atoms with Gasteiger partial charge in [-0.1, -0.05) is 44.2 Å². The van der Waals surface area contributed by atoms with Gasteiger partial charge < -0.3 is 14.8 Å². The summed E-state index contributed by atoms with van der Waals surface area (Å²) in [7, 11) is 0. The summed E-state index contributed by atoms with van der Waals surface area (Å²) < 4.78 is 11.6. The molecule has 0 saturated heterocycles. The van der Waals surface area contributed by atoms with Gasteiger partial charge in [0.2, 0.25) is 0 Å². The van der Waals surface area contributed by atoms with Gasteiger partial charge in [-0.05, 0) is 61.4 Å². The van der Waals surface area contributed by atoms with E-state index in [0.717, 1.165) is 47.3 Å². The molecule has 0 spiro atoms. The third-order valence-corrected chi connectivity index (χ3v) is 4.43. The number of ether oxygens (including phenoxy) is 2. The van der Waals surface area contributed by atoms with Crippen LogP contribution in [0.1, 0.15) is 44.6 Å². The van der Waals surface area contributed by atoms with Gasteiger partial charge in [0.05, 0.1) is 6.61 Å². The van der Waals surface area contributed by atoms with Gasteiger partial charge in [0.1, 0.15) is 18.1 Å². The van der Waals surface area contributed by atoms with Gasteiger partial charge >= 0.3 is 0 Å². The first-order valence-corrected chi connectivity index (χ1v) is 9.92. The Hall–Kier alpha value is -1.87. The fraction of sp³-hybridized carbons (Fsp3) is 0.455. The molecule has 0 unspecified atom stereocenters. The first-order chi connectivity index (χ1) is 12.7. The Morgan fingerprint density at radius 3 is 2.38 bits per heavy atom. The zero-order valence-electron chi connectivity index (χ0n) is 15.9. The topological polar surface area (TPSA) is 30.5 Å². The lowest BCUT2D eigenvalue weighted by atomic mass is 10.2. The first kappa shape index (κ1) is 20.4. The number of benzene rings is 2. The van der Waals surface area contributed by atoms with Crippen molar-refractivity contribution in [2.75, 3.05) is 25.1 Å². The van der Waals surface area contributed by atoms with Crippen molar-refractivity contribution in [2.45, 2.75) is 46.0 Å². The highest BCUT2D eigenvalue weighted by molar-refractivity contribution is 6.30. The van der Waals surface area contributed by atoms with Crippen molar-refractivity contribution < 1.29 is 9.47 Å². The normalized spacial score (nSPS) is 10.6. The highest BCUT2D eigenvalue weighted by atomic mass is 35.5. The van der Waals surface area contributed by atoms with Crippen molar-refractivity contribution in [3.05, 3.63) is 53.1 Å². The quantitative estimate of drug-likeness (QED) is 0.430. The van der Waals surface area contributed by atoms with E-state index in [-0.39, 0.29) is 0 Å². The van der Waals surface area contributed by atoms with Crippen LogP contribution in [0.2, 0.25) is 5.02 Å². The molecular formula is C22H30ClNO2. The molecule has 0 aliphatic heterocycles. The second-order valence-electron chi connectivity index (χ2n) is 6.47. The summed E-state index contributed by atoms with van der Waals surface area (Å²) in [6.45, 7) is 6.36. The van der Waals surface area contributed by atoms with Crippen LogP contribution in [0.25, 0.3) is 0 Å². The van der Waals surface area contributed by atoms with Crippen molar-refractivity contribution >= 4 is 17.3 Å². The summed E-state index contributed by atoms with van der Waals surface area (Å²) in [5, 5.41) is 4.09. The Balaban J connectivity index is 1.62. The predicted octanol–water partition coefficient (Wildman–Crippen LogP) is 6.49. The summed E-state index contributed by atoms with van der Waals surface area (Å²) in [6.07, 6.45) is 6.28. The molecule has 142 valence electrons. The van der Waals surface area contributed by atoms with Gasteiger partial charge in [0, 0.05) is 17.3 Å². The van der Waals surface area contributed by atoms with Crippen LogP contribution >= 0.6 is 11.6 Å². The molecule has 0 aliphatic carbocycles. The van der Waals surface area contributed by atoms with E-state index in [9.17, 15) is 0 Å². The van der Waals surface area contributed by atoms with Crippen LogP contribution in [-0.2, 0) is 0 Å². The number of hydrogen-bond donors (Lipinski definition) is 1. The first-order valence-electron chi connectivity index (χ1n) is 9.54. The van der Waals surface area contributed by atoms with E-state index < -0.39 is 0 Å². The smallest absolute Gasteiger partial charge is 0.122 e. The number of aryl methyl sites for hydroxylation is 1. The number of anilines is 1. The van der Waals surface area contributed by atoms with E-state index in [1.165, 1.54) is 25.7 Å². The number of hydrogen-bond acceptors (Lipinski definition) is 3. The van der Waals surface area contributed by atoms with Crippen LogP contribution in [0.5, 0.6) is 11.5 Å². The van der Waals surface area contributed by atoms with E-state index in [0.29, 0.717) is 6.61 Å². The molecule has 2 aromatic rings. The summed E-state index contributed by atoms with van der Waals surface area (Å²) in [4.78, 5) is 0. The van der Waals surface area contributed by atoms with E-state index in [4.69, 9.17) is 21.1 Å². The monoisotopic (exact) mass is 375 g/mol. The van der Waals surface area contributed by atoms with Gasteiger partial charge in [-0.2, -0.15) is 0 Å². The molecule has 0 aromatic heterocycles. The van der Waals surface area contributed by atoms with Crippen LogP contribution in [0, 0.1) is 6.92 Å². The molecule has 4 heteroatoms. The predicted molar refractivity (Wildman–Crippen MR) is 111 cm³/mol. The van der Waals surface area contributed by atoms with Crippen molar-refractivity contribution in [2.24, 2.45) is 0 Å². The Labute approximate surface area is 162 Å². The Morgan fingerprint density at radius 2 is 1.65 bits per heavy atom. The Bertz CT molecular complexity index is 643. The molecule has 1 N–H and O–H groups in total. The average molecular weight is 376 g/mol. The van der Waals surface area contributed by atoms with Crippen molar-refractivity contribution in [1.82, 2.24) is 0 Å². The van der Waals surface area contributed by atoms with Crippen molar-refractivity contribution in [3.63, 3.8) is 0 Å². The van der Waals surface area contributed by atoms with Gasteiger partial charge in [-0.3, -0.25) is 0 Å². The summed E-state index contributed by atoms with van der Waals surface area (Å²) >= 11 is 5.95. The third kappa shape index (κ3) is 7.57. The highest BCUT2D eigenvalue weighted by Crippen LogP contribution is 2.21. The van der Waals surface area contributed by atoms with Crippen LogP contribution in [0.4, 0.5) is 5.69 Å². The molecule has 0 fully saturated rings. The largest absolute Gasteiger partial charge is 0.494 e. The third-order valence-electron chi connectivity index (χ3n) is 4.20. The molecule has 2 rings (SSSR count). The molecular weight excluding hydrogens is 346 g/mol. The Kier molecular flexibility index (Phi) is 9.19. The van der Waals surface area contributed by atoms with E-state index in [1.54, 1.807) is 0 Å². The molecule has 0 heterocycles. The summed E-state index contributed by atoms with van der Waals surface area (Å²) in [5.41, 5.74) is 2.12. The molecule has 3 nitrogen and oxygen atoms in total. The second kappa shape index (κ2) is 11.7. The maximum atomic E-state index is 5.95. The fourth-order valence-electron chi connectivity index (χ4n) is 2.70. The van der Waals surface area contributed by atoms with E-state index >= 15 is 0 Å². The lowest BCUT2D eigenvalue weighted by Gasteiger charge is -2.11. The van der Waals surface area contributed by atoms with Crippen LogP contribution < -0.4 is 14.8 Å². The average Bonchev–Trinajstić information content (AvgIpc) is 2.64. The molecule has 0 bridgehead atoms. The minimum absolute atomic E-state index is 0.596. The minimum Gasteiger partial charge on any atom is -0.494 e. The molecule has 0 aliphatic rings. The minimum atomic E-state index is 0.596. The van der Waals surface area contributed by atoms with E-state index in [1.807, 2.05) is 49.4 Å². The number of nitrogens with one attached hydrogen (secondary N) is 1.